The lowest BCUT2D eigenvalue weighted by molar-refractivity contribution is -0.121. The molecule has 0 aromatic heterocycles. The van der Waals surface area contributed by atoms with Gasteiger partial charge < -0.3 is 15.4 Å². The smallest absolute Gasteiger partial charge is 0.407 e. The Kier molecular flexibility index (Phi) is 6.39. The molecule has 0 aliphatic rings. The van der Waals surface area contributed by atoms with E-state index in [0.717, 1.165) is 5.56 Å². The van der Waals surface area contributed by atoms with Gasteiger partial charge in [-0.1, -0.05) is 12.1 Å². The molecule has 0 unspecified atom stereocenters. The molecule has 0 saturated carbocycles. The molecule has 2 amide bonds. The first-order chi connectivity index (χ1) is 10.3. The second-order valence-corrected chi connectivity index (χ2v) is 5.76. The zero-order chi connectivity index (χ0) is 16.6. The minimum atomic E-state index is -0.554. The molecule has 6 heteroatoms. The van der Waals surface area contributed by atoms with Crippen molar-refractivity contribution in [2.75, 3.05) is 6.54 Å². The van der Waals surface area contributed by atoms with Crippen molar-refractivity contribution in [3.63, 3.8) is 0 Å². The molecule has 0 saturated heterocycles. The van der Waals surface area contributed by atoms with E-state index in [1.54, 1.807) is 45.0 Å². The Bertz CT molecular complexity index is 553. The van der Waals surface area contributed by atoms with Gasteiger partial charge in [-0.25, -0.2) is 4.79 Å². The Hall–Kier alpha value is -2.55. The number of nitrogens with zero attached hydrogens (tertiary/aromatic N) is 1. The molecule has 0 atom stereocenters. The van der Waals surface area contributed by atoms with Crippen LogP contribution >= 0.6 is 0 Å². The third-order valence-electron chi connectivity index (χ3n) is 2.59. The van der Waals surface area contributed by atoms with Crippen molar-refractivity contribution in [3.8, 4) is 6.07 Å². The van der Waals surface area contributed by atoms with E-state index in [2.05, 4.69) is 10.6 Å². The summed E-state index contributed by atoms with van der Waals surface area (Å²) in [7, 11) is 0. The second kappa shape index (κ2) is 8.03. The van der Waals surface area contributed by atoms with Crippen LogP contribution in [0.25, 0.3) is 0 Å². The fraction of sp³-hybridized carbons (Fsp3) is 0.438. The number of hydrogen-bond donors (Lipinski definition) is 2. The predicted molar refractivity (Wildman–Crippen MR) is 81.9 cm³/mol. The van der Waals surface area contributed by atoms with Crippen molar-refractivity contribution in [1.29, 1.82) is 5.26 Å². The average molecular weight is 303 g/mol. The fourth-order valence-electron chi connectivity index (χ4n) is 1.58. The van der Waals surface area contributed by atoms with Crippen molar-refractivity contribution in [2.24, 2.45) is 0 Å². The third kappa shape index (κ3) is 7.29. The molecule has 0 fully saturated rings. The zero-order valence-electron chi connectivity index (χ0n) is 13.1. The minimum absolute atomic E-state index is 0.166. The Balaban J connectivity index is 2.23. The number of alkyl carbamates (subject to hydrolysis) is 1. The van der Waals surface area contributed by atoms with E-state index in [0.29, 0.717) is 12.1 Å². The van der Waals surface area contributed by atoms with Crippen molar-refractivity contribution in [1.82, 2.24) is 10.6 Å². The van der Waals surface area contributed by atoms with E-state index in [9.17, 15) is 9.59 Å². The van der Waals surface area contributed by atoms with Gasteiger partial charge in [0, 0.05) is 19.5 Å². The number of nitriles is 1. The van der Waals surface area contributed by atoms with Gasteiger partial charge in [0.25, 0.3) is 0 Å². The summed E-state index contributed by atoms with van der Waals surface area (Å²) < 4.78 is 5.06. The third-order valence-corrected chi connectivity index (χ3v) is 2.59. The quantitative estimate of drug-likeness (QED) is 0.871. The van der Waals surface area contributed by atoms with Crippen molar-refractivity contribution < 1.29 is 14.3 Å². The molecular weight excluding hydrogens is 282 g/mol. The van der Waals surface area contributed by atoms with Crippen LogP contribution in [0.15, 0.2) is 24.3 Å². The summed E-state index contributed by atoms with van der Waals surface area (Å²) in [6, 6.07) is 9.01. The van der Waals surface area contributed by atoms with E-state index in [-0.39, 0.29) is 18.9 Å². The van der Waals surface area contributed by atoms with Crippen LogP contribution in [0, 0.1) is 11.3 Å². The first-order valence-electron chi connectivity index (χ1n) is 7.03. The van der Waals surface area contributed by atoms with E-state index in [4.69, 9.17) is 10.00 Å². The standard InChI is InChI=1S/C16H21N3O3/c1-16(2,3)22-15(21)18-9-8-14(20)19-11-13-6-4-12(10-17)5-7-13/h4-7H,8-9,11H2,1-3H3,(H,18,21)(H,19,20). The van der Waals surface area contributed by atoms with Crippen LogP contribution in [-0.2, 0) is 16.1 Å². The van der Waals surface area contributed by atoms with Crippen LogP contribution in [0.5, 0.6) is 0 Å². The maximum atomic E-state index is 11.7. The van der Waals surface area contributed by atoms with E-state index >= 15 is 0 Å². The molecule has 0 radical (unpaired) electrons. The molecule has 0 heterocycles. The highest BCUT2D eigenvalue weighted by molar-refractivity contribution is 5.77. The number of hydrogen-bond acceptors (Lipinski definition) is 4. The highest BCUT2D eigenvalue weighted by Gasteiger charge is 2.15. The molecule has 118 valence electrons. The SMILES string of the molecule is CC(C)(C)OC(=O)NCCC(=O)NCc1ccc(C#N)cc1. The molecule has 6 nitrogen and oxygen atoms in total. The molecule has 2 N–H and O–H groups in total. The van der Waals surface area contributed by atoms with E-state index in [1.807, 2.05) is 6.07 Å². The van der Waals surface area contributed by atoms with Crippen LogP contribution in [-0.4, -0.2) is 24.1 Å². The maximum absolute atomic E-state index is 11.7. The maximum Gasteiger partial charge on any atom is 0.407 e. The number of amides is 2. The van der Waals surface area contributed by atoms with Crippen LogP contribution in [0.4, 0.5) is 4.79 Å². The van der Waals surface area contributed by atoms with Crippen LogP contribution in [0.2, 0.25) is 0 Å². The zero-order valence-corrected chi connectivity index (χ0v) is 13.1. The Labute approximate surface area is 130 Å². The summed E-state index contributed by atoms with van der Waals surface area (Å²) in [5.41, 5.74) is 0.936. The lowest BCUT2D eigenvalue weighted by Crippen LogP contribution is -2.35. The van der Waals surface area contributed by atoms with Gasteiger partial charge in [0.05, 0.1) is 11.6 Å². The van der Waals surface area contributed by atoms with Crippen LogP contribution in [0.3, 0.4) is 0 Å². The summed E-state index contributed by atoms with van der Waals surface area (Å²) >= 11 is 0. The molecule has 0 bridgehead atoms. The van der Waals surface area contributed by atoms with Gasteiger partial charge in [0.2, 0.25) is 5.91 Å². The summed E-state index contributed by atoms with van der Waals surface area (Å²) in [5, 5.41) is 14.0. The molecule has 0 spiro atoms. The highest BCUT2D eigenvalue weighted by Crippen LogP contribution is 2.06. The van der Waals surface area contributed by atoms with Gasteiger partial charge >= 0.3 is 6.09 Å². The van der Waals surface area contributed by atoms with Crippen molar-refractivity contribution >= 4 is 12.0 Å². The largest absolute Gasteiger partial charge is 0.444 e. The first-order valence-corrected chi connectivity index (χ1v) is 7.03. The lowest BCUT2D eigenvalue weighted by atomic mass is 10.1. The number of ether oxygens (including phenoxy) is 1. The number of benzene rings is 1. The Morgan fingerprint density at radius 1 is 1.18 bits per heavy atom. The summed E-state index contributed by atoms with van der Waals surface area (Å²) in [5.74, 6) is -0.166. The van der Waals surface area contributed by atoms with E-state index in [1.165, 1.54) is 0 Å². The summed E-state index contributed by atoms with van der Waals surface area (Å²) in [6.07, 6.45) is -0.359. The summed E-state index contributed by atoms with van der Waals surface area (Å²) in [6.45, 7) is 5.93. The highest BCUT2D eigenvalue weighted by atomic mass is 16.6. The van der Waals surface area contributed by atoms with Crippen LogP contribution < -0.4 is 10.6 Å². The van der Waals surface area contributed by atoms with Gasteiger partial charge in [0.15, 0.2) is 0 Å². The molecule has 1 aromatic carbocycles. The second-order valence-electron chi connectivity index (χ2n) is 5.76. The monoisotopic (exact) mass is 303 g/mol. The molecule has 22 heavy (non-hydrogen) atoms. The van der Waals surface area contributed by atoms with Gasteiger partial charge in [-0.05, 0) is 38.5 Å². The van der Waals surface area contributed by atoms with Crippen LogP contribution in [0.1, 0.15) is 38.3 Å². The van der Waals surface area contributed by atoms with Gasteiger partial charge in [-0.2, -0.15) is 5.26 Å². The van der Waals surface area contributed by atoms with Gasteiger partial charge in [-0.15, -0.1) is 0 Å². The van der Waals surface area contributed by atoms with Crippen molar-refractivity contribution in [3.05, 3.63) is 35.4 Å². The fourth-order valence-corrected chi connectivity index (χ4v) is 1.58. The predicted octanol–water partition coefficient (Wildman–Crippen LogP) is 2.09. The molecule has 0 aliphatic carbocycles. The average Bonchev–Trinajstić information content (AvgIpc) is 2.43. The topological polar surface area (TPSA) is 91.2 Å². The van der Waals surface area contributed by atoms with Gasteiger partial charge in [-0.3, -0.25) is 4.79 Å². The number of rotatable bonds is 5. The normalized spacial score (nSPS) is 10.5. The molecule has 1 rings (SSSR count). The Morgan fingerprint density at radius 3 is 2.36 bits per heavy atom. The number of carbonyl (C=O) groups is 2. The number of nitrogens with one attached hydrogen (secondary N) is 2. The lowest BCUT2D eigenvalue weighted by Gasteiger charge is -2.19. The van der Waals surface area contributed by atoms with E-state index < -0.39 is 11.7 Å². The molecule has 0 aliphatic heterocycles. The minimum Gasteiger partial charge on any atom is -0.444 e. The van der Waals surface area contributed by atoms with Gasteiger partial charge in [0.1, 0.15) is 5.60 Å². The molecule has 1 aromatic rings. The number of carbonyl (C=O) groups excluding carboxylic acids is 2. The first kappa shape index (κ1) is 17.5. The summed E-state index contributed by atoms with van der Waals surface area (Å²) in [4.78, 5) is 23.0. The Morgan fingerprint density at radius 2 is 1.82 bits per heavy atom. The van der Waals surface area contributed by atoms with Crippen molar-refractivity contribution in [2.45, 2.75) is 39.3 Å². The molecular formula is C16H21N3O3.